The van der Waals surface area contributed by atoms with Gasteiger partial charge in [0.25, 0.3) is 0 Å². The molecule has 2 rings (SSSR count). The molecule has 4 atom stereocenters. The van der Waals surface area contributed by atoms with E-state index in [-0.39, 0.29) is 6.42 Å². The van der Waals surface area contributed by atoms with E-state index in [1.807, 2.05) is 0 Å². The molecule has 0 aliphatic carbocycles. The summed E-state index contributed by atoms with van der Waals surface area (Å²) < 4.78 is 17.8. The Bertz CT molecular complexity index is 360. The molecule has 0 aromatic rings. The Balaban J connectivity index is 1.59. The van der Waals surface area contributed by atoms with Crippen LogP contribution in [0.1, 0.15) is 64.7 Å². The van der Waals surface area contributed by atoms with Crippen molar-refractivity contribution in [3.63, 3.8) is 0 Å². The highest BCUT2D eigenvalue weighted by Crippen LogP contribution is 2.43. The molecule has 0 unspecified atom stereocenters. The quantitative estimate of drug-likeness (QED) is 0.488. The van der Waals surface area contributed by atoms with Crippen molar-refractivity contribution in [2.45, 2.75) is 76.9 Å². The van der Waals surface area contributed by atoms with E-state index in [0.29, 0.717) is 37.1 Å². The summed E-state index contributed by atoms with van der Waals surface area (Å²) >= 11 is 0. The highest BCUT2D eigenvalue weighted by molar-refractivity contribution is 5.66. The van der Waals surface area contributed by atoms with Crippen LogP contribution in [0.15, 0.2) is 0 Å². The Morgan fingerprint density at radius 2 is 1.54 bits per heavy atom. The smallest absolute Gasteiger partial charge is 0.303 e. The van der Waals surface area contributed by atoms with Gasteiger partial charge >= 0.3 is 5.97 Å². The summed E-state index contributed by atoms with van der Waals surface area (Å²) in [6.07, 6.45) is 9.68. The SMILES string of the molecule is CCCCCCOC[C@@H]1[C@H](COCCCCC(=O)O)[C@@H]2CC[C@H]1O2. The van der Waals surface area contributed by atoms with Gasteiger partial charge < -0.3 is 19.3 Å². The van der Waals surface area contributed by atoms with Gasteiger partial charge in [-0.15, -0.1) is 0 Å². The summed E-state index contributed by atoms with van der Waals surface area (Å²) in [5.41, 5.74) is 0. The van der Waals surface area contributed by atoms with Gasteiger partial charge in [0.15, 0.2) is 0 Å². The lowest BCUT2D eigenvalue weighted by molar-refractivity contribution is -0.137. The molecular formula is C19H34O5. The molecule has 2 heterocycles. The van der Waals surface area contributed by atoms with Crippen molar-refractivity contribution in [2.24, 2.45) is 11.8 Å². The van der Waals surface area contributed by atoms with Gasteiger partial charge in [-0.1, -0.05) is 26.2 Å². The predicted octanol–water partition coefficient (Wildman–Crippen LogP) is 3.65. The number of carboxylic acids is 1. The maximum atomic E-state index is 10.5. The molecule has 1 N–H and O–H groups in total. The molecule has 0 aromatic heterocycles. The van der Waals surface area contributed by atoms with Crippen LogP contribution in [-0.4, -0.2) is 49.7 Å². The van der Waals surface area contributed by atoms with Gasteiger partial charge in [-0.2, -0.15) is 0 Å². The minimum absolute atomic E-state index is 0.231. The van der Waals surface area contributed by atoms with Gasteiger partial charge in [0.05, 0.1) is 25.4 Å². The fourth-order valence-electron chi connectivity index (χ4n) is 3.88. The fraction of sp³-hybridized carbons (Fsp3) is 0.947. The molecule has 5 heteroatoms. The summed E-state index contributed by atoms with van der Waals surface area (Å²) in [5.74, 6) is 0.181. The normalized spacial score (nSPS) is 28.5. The zero-order valence-electron chi connectivity index (χ0n) is 15.1. The Kier molecular flexibility index (Phi) is 9.07. The minimum atomic E-state index is -0.729. The topological polar surface area (TPSA) is 65.0 Å². The molecule has 2 saturated heterocycles. The number of hydrogen-bond acceptors (Lipinski definition) is 4. The number of fused-ring (bicyclic) bond motifs is 2. The molecule has 0 aromatic carbocycles. The number of ether oxygens (including phenoxy) is 3. The number of hydrogen-bond donors (Lipinski definition) is 1. The van der Waals surface area contributed by atoms with Gasteiger partial charge in [-0.3, -0.25) is 4.79 Å². The standard InChI is InChI=1S/C19H34O5/c1-2-3-4-6-11-22-13-15-16(18-10-9-17(15)24-18)14-23-12-7-5-8-19(20)21/h15-18H,2-14H2,1H3,(H,20,21)/t15-,16+,17-,18+/m1/s1. The van der Waals surface area contributed by atoms with E-state index in [1.165, 1.54) is 19.3 Å². The highest BCUT2D eigenvalue weighted by atomic mass is 16.5. The third-order valence-electron chi connectivity index (χ3n) is 5.28. The van der Waals surface area contributed by atoms with Crippen molar-refractivity contribution in [3.8, 4) is 0 Å². The lowest BCUT2D eigenvalue weighted by Crippen LogP contribution is -2.34. The predicted molar refractivity (Wildman–Crippen MR) is 92.1 cm³/mol. The first-order valence-corrected chi connectivity index (χ1v) is 9.75. The first kappa shape index (κ1) is 19.7. The van der Waals surface area contributed by atoms with Gasteiger partial charge in [0.1, 0.15) is 0 Å². The second-order valence-corrected chi connectivity index (χ2v) is 7.18. The van der Waals surface area contributed by atoms with E-state index in [2.05, 4.69) is 6.92 Å². The lowest BCUT2D eigenvalue weighted by atomic mass is 9.80. The van der Waals surface area contributed by atoms with E-state index >= 15 is 0 Å². The number of rotatable bonds is 14. The second kappa shape index (κ2) is 11.1. The molecule has 140 valence electrons. The Hall–Kier alpha value is -0.650. The van der Waals surface area contributed by atoms with Crippen LogP contribution in [0.4, 0.5) is 0 Å². The van der Waals surface area contributed by atoms with Crippen LogP contribution in [0, 0.1) is 11.8 Å². The van der Waals surface area contributed by atoms with Gasteiger partial charge in [0, 0.05) is 31.5 Å². The second-order valence-electron chi connectivity index (χ2n) is 7.18. The third-order valence-corrected chi connectivity index (χ3v) is 5.28. The molecule has 2 bridgehead atoms. The Labute approximate surface area is 146 Å². The minimum Gasteiger partial charge on any atom is -0.481 e. The van der Waals surface area contributed by atoms with E-state index in [4.69, 9.17) is 19.3 Å². The molecule has 24 heavy (non-hydrogen) atoms. The first-order valence-electron chi connectivity index (χ1n) is 9.75. The number of aliphatic carboxylic acids is 1. The van der Waals surface area contributed by atoms with Crippen LogP contribution in [0.25, 0.3) is 0 Å². The van der Waals surface area contributed by atoms with Crippen LogP contribution in [0.5, 0.6) is 0 Å². The van der Waals surface area contributed by atoms with E-state index in [9.17, 15) is 4.79 Å². The molecule has 2 aliphatic heterocycles. The third kappa shape index (κ3) is 6.34. The van der Waals surface area contributed by atoms with Crippen molar-refractivity contribution >= 4 is 5.97 Å². The molecule has 0 saturated carbocycles. The zero-order valence-corrected chi connectivity index (χ0v) is 15.1. The average Bonchev–Trinajstić information content (AvgIpc) is 3.15. The Morgan fingerprint density at radius 1 is 0.958 bits per heavy atom. The largest absolute Gasteiger partial charge is 0.481 e. The fourth-order valence-corrected chi connectivity index (χ4v) is 3.88. The number of carboxylic acid groups (broad SMARTS) is 1. The maximum absolute atomic E-state index is 10.5. The highest BCUT2D eigenvalue weighted by Gasteiger charge is 2.48. The van der Waals surface area contributed by atoms with Crippen molar-refractivity contribution in [2.75, 3.05) is 26.4 Å². The maximum Gasteiger partial charge on any atom is 0.303 e. The van der Waals surface area contributed by atoms with E-state index in [0.717, 1.165) is 45.5 Å². The summed E-state index contributed by atoms with van der Waals surface area (Å²) in [5, 5.41) is 8.63. The molecule has 0 spiro atoms. The summed E-state index contributed by atoms with van der Waals surface area (Å²) in [7, 11) is 0. The molecule has 0 amide bonds. The van der Waals surface area contributed by atoms with Crippen molar-refractivity contribution in [1.82, 2.24) is 0 Å². The van der Waals surface area contributed by atoms with Crippen LogP contribution >= 0.6 is 0 Å². The van der Waals surface area contributed by atoms with Crippen LogP contribution in [-0.2, 0) is 19.0 Å². The first-order chi connectivity index (χ1) is 11.7. The summed E-state index contributed by atoms with van der Waals surface area (Å²) in [6.45, 7) is 5.24. The van der Waals surface area contributed by atoms with Gasteiger partial charge in [-0.25, -0.2) is 0 Å². The van der Waals surface area contributed by atoms with Crippen LogP contribution in [0.3, 0.4) is 0 Å². The summed E-state index contributed by atoms with van der Waals surface area (Å²) in [6, 6.07) is 0. The summed E-state index contributed by atoms with van der Waals surface area (Å²) in [4.78, 5) is 10.5. The van der Waals surface area contributed by atoms with E-state index in [1.54, 1.807) is 0 Å². The van der Waals surface area contributed by atoms with Gasteiger partial charge in [-0.05, 0) is 32.1 Å². The molecule has 2 aliphatic rings. The van der Waals surface area contributed by atoms with Crippen molar-refractivity contribution in [3.05, 3.63) is 0 Å². The Morgan fingerprint density at radius 3 is 2.08 bits per heavy atom. The number of carbonyl (C=O) groups is 1. The van der Waals surface area contributed by atoms with E-state index < -0.39 is 5.97 Å². The molecule has 2 fully saturated rings. The molecular weight excluding hydrogens is 308 g/mol. The van der Waals surface area contributed by atoms with Crippen LogP contribution in [0.2, 0.25) is 0 Å². The number of unbranched alkanes of at least 4 members (excludes halogenated alkanes) is 4. The van der Waals surface area contributed by atoms with Crippen LogP contribution < -0.4 is 0 Å². The molecule has 5 nitrogen and oxygen atoms in total. The zero-order chi connectivity index (χ0) is 17.2. The van der Waals surface area contributed by atoms with Crippen molar-refractivity contribution < 1.29 is 24.1 Å². The molecule has 0 radical (unpaired) electrons. The average molecular weight is 342 g/mol. The van der Waals surface area contributed by atoms with Gasteiger partial charge in [0.2, 0.25) is 0 Å². The van der Waals surface area contributed by atoms with Crippen molar-refractivity contribution in [1.29, 1.82) is 0 Å². The lowest BCUT2D eigenvalue weighted by Gasteiger charge is -2.27. The monoisotopic (exact) mass is 342 g/mol.